The summed E-state index contributed by atoms with van der Waals surface area (Å²) < 4.78 is 5.31. The Kier molecular flexibility index (Phi) is 4.30. The van der Waals surface area contributed by atoms with Gasteiger partial charge in [-0.3, -0.25) is 0 Å². The highest BCUT2D eigenvalue weighted by Gasteiger charge is 2.15. The average molecular weight is 221 g/mol. The largest absolute Gasteiger partial charge is 0.379 e. The number of nitrogens with one attached hydrogen (secondary N) is 1. The quantitative estimate of drug-likeness (QED) is 0.778. The molecule has 0 radical (unpaired) electrons. The maximum atomic E-state index is 5.80. The smallest absolute Gasteiger partial charge is 0.0608 e. The topological polar surface area (TPSA) is 50.5 Å². The number of nitrogens with zero attached hydrogens (tertiary/aromatic N) is 1. The van der Waals surface area contributed by atoms with Crippen molar-refractivity contribution >= 4 is 0 Å². The van der Waals surface area contributed by atoms with Crippen LogP contribution >= 0.6 is 0 Å². The molecule has 4 nitrogen and oxygen atoms in total. The van der Waals surface area contributed by atoms with E-state index in [1.165, 1.54) is 5.56 Å². The summed E-state index contributed by atoms with van der Waals surface area (Å²) in [5, 5.41) is 2.19. The van der Waals surface area contributed by atoms with Crippen molar-refractivity contribution in [2.24, 2.45) is 5.73 Å². The molecule has 0 saturated carbocycles. The van der Waals surface area contributed by atoms with E-state index in [0.717, 1.165) is 26.3 Å². The zero-order chi connectivity index (χ0) is 11.2. The molecule has 4 heteroatoms. The van der Waals surface area contributed by atoms with Crippen LogP contribution in [0, 0.1) is 0 Å². The predicted molar refractivity (Wildman–Crippen MR) is 63.8 cm³/mol. The van der Waals surface area contributed by atoms with Crippen molar-refractivity contribution in [3.05, 3.63) is 35.9 Å². The van der Waals surface area contributed by atoms with Gasteiger partial charge in [-0.15, -0.1) is 0 Å². The van der Waals surface area contributed by atoms with Gasteiger partial charge < -0.3 is 10.5 Å². The van der Waals surface area contributed by atoms with Crippen LogP contribution in [0.2, 0.25) is 0 Å². The standard InChI is InChI=1S/C12H19N3O/c13-10-12(11-4-2-1-3-5-11)14-15-6-8-16-9-7-15/h1-5,12,14H,6-10,13H2. The van der Waals surface area contributed by atoms with E-state index in [0.29, 0.717) is 6.54 Å². The van der Waals surface area contributed by atoms with Crippen molar-refractivity contribution in [1.82, 2.24) is 10.4 Å². The van der Waals surface area contributed by atoms with Crippen LogP contribution in [-0.4, -0.2) is 37.9 Å². The summed E-state index contributed by atoms with van der Waals surface area (Å²) in [6.07, 6.45) is 0. The van der Waals surface area contributed by atoms with Gasteiger partial charge in [-0.2, -0.15) is 0 Å². The van der Waals surface area contributed by atoms with E-state index >= 15 is 0 Å². The molecule has 1 aliphatic rings. The molecule has 1 fully saturated rings. The van der Waals surface area contributed by atoms with E-state index in [-0.39, 0.29) is 6.04 Å². The van der Waals surface area contributed by atoms with E-state index in [9.17, 15) is 0 Å². The van der Waals surface area contributed by atoms with E-state index in [4.69, 9.17) is 10.5 Å². The molecule has 2 rings (SSSR count). The summed E-state index contributed by atoms with van der Waals surface area (Å²) in [7, 11) is 0. The molecular weight excluding hydrogens is 202 g/mol. The van der Waals surface area contributed by atoms with Gasteiger partial charge in [0.2, 0.25) is 0 Å². The van der Waals surface area contributed by atoms with Crippen LogP contribution < -0.4 is 11.2 Å². The number of morpholine rings is 1. The lowest BCUT2D eigenvalue weighted by Crippen LogP contribution is -2.48. The molecule has 1 heterocycles. The third-order valence-electron chi connectivity index (χ3n) is 2.79. The minimum atomic E-state index is 0.194. The molecule has 1 unspecified atom stereocenters. The van der Waals surface area contributed by atoms with Crippen LogP contribution in [0.5, 0.6) is 0 Å². The Balaban J connectivity index is 1.94. The van der Waals surface area contributed by atoms with Gasteiger partial charge in [-0.1, -0.05) is 30.3 Å². The van der Waals surface area contributed by atoms with Crippen LogP contribution in [0.4, 0.5) is 0 Å². The first-order valence-corrected chi connectivity index (χ1v) is 5.74. The van der Waals surface area contributed by atoms with Gasteiger partial charge in [0.15, 0.2) is 0 Å². The van der Waals surface area contributed by atoms with Crippen LogP contribution in [-0.2, 0) is 4.74 Å². The van der Waals surface area contributed by atoms with Gasteiger partial charge >= 0.3 is 0 Å². The van der Waals surface area contributed by atoms with Crippen molar-refractivity contribution in [3.8, 4) is 0 Å². The van der Waals surface area contributed by atoms with E-state index in [1.807, 2.05) is 18.2 Å². The summed E-state index contributed by atoms with van der Waals surface area (Å²) in [4.78, 5) is 0. The van der Waals surface area contributed by atoms with Crippen LogP contribution in [0.1, 0.15) is 11.6 Å². The molecular formula is C12H19N3O. The first-order chi connectivity index (χ1) is 7.90. The highest BCUT2D eigenvalue weighted by Crippen LogP contribution is 2.11. The third kappa shape index (κ3) is 3.02. The molecule has 0 spiro atoms. The molecule has 1 aromatic carbocycles. The average Bonchev–Trinajstić information content (AvgIpc) is 2.38. The summed E-state index contributed by atoms with van der Waals surface area (Å²) >= 11 is 0. The molecule has 0 bridgehead atoms. The summed E-state index contributed by atoms with van der Waals surface area (Å²) in [5.74, 6) is 0. The van der Waals surface area contributed by atoms with Crippen molar-refractivity contribution < 1.29 is 4.74 Å². The van der Waals surface area contributed by atoms with Crippen molar-refractivity contribution in [2.75, 3.05) is 32.8 Å². The molecule has 1 atom stereocenters. The van der Waals surface area contributed by atoms with E-state index in [1.54, 1.807) is 0 Å². The second-order valence-electron chi connectivity index (χ2n) is 3.93. The molecule has 88 valence electrons. The molecule has 1 saturated heterocycles. The first-order valence-electron chi connectivity index (χ1n) is 5.74. The van der Waals surface area contributed by atoms with Gasteiger partial charge in [-0.25, -0.2) is 10.4 Å². The normalized spacial score (nSPS) is 19.6. The number of hydrazine groups is 1. The fraction of sp³-hybridized carbons (Fsp3) is 0.500. The second-order valence-corrected chi connectivity index (χ2v) is 3.93. The Labute approximate surface area is 96.3 Å². The summed E-state index contributed by atoms with van der Waals surface area (Å²) in [6, 6.07) is 10.5. The highest BCUT2D eigenvalue weighted by molar-refractivity contribution is 5.18. The fourth-order valence-corrected chi connectivity index (χ4v) is 1.86. The van der Waals surface area contributed by atoms with Gasteiger partial charge in [0, 0.05) is 19.6 Å². The third-order valence-corrected chi connectivity index (χ3v) is 2.79. The number of ether oxygens (including phenoxy) is 1. The number of nitrogens with two attached hydrogens (primary N) is 1. The Morgan fingerprint density at radius 2 is 1.94 bits per heavy atom. The molecule has 16 heavy (non-hydrogen) atoms. The fourth-order valence-electron chi connectivity index (χ4n) is 1.86. The lowest BCUT2D eigenvalue weighted by molar-refractivity contribution is 0.00405. The van der Waals surface area contributed by atoms with Crippen LogP contribution in [0.25, 0.3) is 0 Å². The number of rotatable bonds is 4. The van der Waals surface area contributed by atoms with Crippen molar-refractivity contribution in [1.29, 1.82) is 0 Å². The first kappa shape index (κ1) is 11.5. The van der Waals surface area contributed by atoms with Gasteiger partial charge in [-0.05, 0) is 5.56 Å². The van der Waals surface area contributed by atoms with Crippen LogP contribution in [0.3, 0.4) is 0 Å². The minimum Gasteiger partial charge on any atom is -0.379 e. The van der Waals surface area contributed by atoms with Gasteiger partial charge in [0.05, 0.1) is 19.3 Å². The van der Waals surface area contributed by atoms with E-state index < -0.39 is 0 Å². The SMILES string of the molecule is NCC(NN1CCOCC1)c1ccccc1. The monoisotopic (exact) mass is 221 g/mol. The zero-order valence-corrected chi connectivity index (χ0v) is 9.43. The zero-order valence-electron chi connectivity index (χ0n) is 9.43. The highest BCUT2D eigenvalue weighted by atomic mass is 16.5. The minimum absolute atomic E-state index is 0.194. The Morgan fingerprint density at radius 1 is 1.25 bits per heavy atom. The molecule has 0 aromatic heterocycles. The summed E-state index contributed by atoms with van der Waals surface area (Å²) in [6.45, 7) is 4.02. The Bertz CT molecular complexity index is 298. The molecule has 1 aliphatic heterocycles. The van der Waals surface area contributed by atoms with Gasteiger partial charge in [0.1, 0.15) is 0 Å². The molecule has 0 amide bonds. The molecule has 1 aromatic rings. The maximum absolute atomic E-state index is 5.80. The van der Waals surface area contributed by atoms with Crippen LogP contribution in [0.15, 0.2) is 30.3 Å². The van der Waals surface area contributed by atoms with Gasteiger partial charge in [0.25, 0.3) is 0 Å². The summed E-state index contributed by atoms with van der Waals surface area (Å²) in [5.41, 5.74) is 10.5. The lowest BCUT2D eigenvalue weighted by atomic mass is 10.1. The second kappa shape index (κ2) is 5.96. The molecule has 3 N–H and O–H groups in total. The number of hydrogen-bond acceptors (Lipinski definition) is 4. The predicted octanol–water partition coefficient (Wildman–Crippen LogP) is 0.523. The molecule has 0 aliphatic carbocycles. The maximum Gasteiger partial charge on any atom is 0.0608 e. The number of hydrogen-bond donors (Lipinski definition) is 2. The van der Waals surface area contributed by atoms with Crippen molar-refractivity contribution in [2.45, 2.75) is 6.04 Å². The lowest BCUT2D eigenvalue weighted by Gasteiger charge is -2.31. The number of benzene rings is 1. The van der Waals surface area contributed by atoms with Crippen molar-refractivity contribution in [3.63, 3.8) is 0 Å². The Morgan fingerprint density at radius 3 is 2.56 bits per heavy atom. The van der Waals surface area contributed by atoms with E-state index in [2.05, 4.69) is 22.6 Å². The Hall–Kier alpha value is -0.940.